The Balaban J connectivity index is 3.29. The second-order valence-corrected chi connectivity index (χ2v) is 7.40. The van der Waals surface area contributed by atoms with Crippen LogP contribution in [0.25, 0.3) is 0 Å². The van der Waals surface area contributed by atoms with Crippen LogP contribution in [0.4, 0.5) is 4.79 Å². The standard InChI is InChI=1S/C16H21BrClNO4/c1-5-8-19(15(22)23-16(2,3)4)13(14(20)21)11-9-10(17)6-7-12(11)18/h6-7,9,13H,5,8H2,1-4H3,(H,20,21). The fourth-order valence-corrected chi connectivity index (χ4v) is 2.65. The van der Waals surface area contributed by atoms with Crippen molar-refractivity contribution in [3.63, 3.8) is 0 Å². The van der Waals surface area contributed by atoms with Crippen molar-refractivity contribution >= 4 is 39.6 Å². The second-order valence-electron chi connectivity index (χ2n) is 6.08. The number of hydrogen-bond donors (Lipinski definition) is 1. The number of carbonyl (C=O) groups is 2. The number of carbonyl (C=O) groups excluding carboxylic acids is 1. The van der Waals surface area contributed by atoms with Crippen LogP contribution in [0.1, 0.15) is 45.7 Å². The van der Waals surface area contributed by atoms with Crippen LogP contribution in [0, 0.1) is 0 Å². The number of carboxylic acids is 1. The van der Waals surface area contributed by atoms with E-state index in [9.17, 15) is 14.7 Å². The van der Waals surface area contributed by atoms with Gasteiger partial charge in [0.2, 0.25) is 0 Å². The van der Waals surface area contributed by atoms with E-state index in [0.717, 1.165) is 0 Å². The molecule has 0 fully saturated rings. The van der Waals surface area contributed by atoms with E-state index in [2.05, 4.69) is 15.9 Å². The zero-order chi connectivity index (χ0) is 17.8. The predicted octanol–water partition coefficient (Wildman–Crippen LogP) is 4.88. The molecule has 1 amide bonds. The lowest BCUT2D eigenvalue weighted by atomic mass is 10.1. The van der Waals surface area contributed by atoms with Crippen LogP contribution in [0.2, 0.25) is 5.02 Å². The maximum Gasteiger partial charge on any atom is 0.411 e. The van der Waals surface area contributed by atoms with E-state index in [1.54, 1.807) is 39.0 Å². The Morgan fingerprint density at radius 1 is 1.39 bits per heavy atom. The predicted molar refractivity (Wildman–Crippen MR) is 92.8 cm³/mol. The normalized spacial score (nSPS) is 12.6. The van der Waals surface area contributed by atoms with Crippen LogP contribution in [-0.4, -0.2) is 34.2 Å². The minimum Gasteiger partial charge on any atom is -0.479 e. The van der Waals surface area contributed by atoms with E-state index < -0.39 is 23.7 Å². The lowest BCUT2D eigenvalue weighted by molar-refractivity contribution is -0.143. The number of aliphatic carboxylic acids is 1. The number of ether oxygens (including phenoxy) is 1. The molecule has 0 saturated heterocycles. The summed E-state index contributed by atoms with van der Waals surface area (Å²) in [6, 6.07) is 3.70. The van der Waals surface area contributed by atoms with Crippen LogP contribution < -0.4 is 0 Å². The van der Waals surface area contributed by atoms with E-state index in [-0.39, 0.29) is 11.6 Å². The number of nitrogens with zero attached hydrogens (tertiary/aromatic N) is 1. The highest BCUT2D eigenvalue weighted by Gasteiger charge is 2.35. The minimum atomic E-state index is -1.21. The zero-order valence-electron chi connectivity index (χ0n) is 13.6. The van der Waals surface area contributed by atoms with Gasteiger partial charge in [0.15, 0.2) is 6.04 Å². The molecule has 0 heterocycles. The molecule has 1 aromatic rings. The Kier molecular flexibility index (Phi) is 6.89. The Labute approximate surface area is 149 Å². The molecule has 5 nitrogen and oxygen atoms in total. The highest BCUT2D eigenvalue weighted by Crippen LogP contribution is 2.31. The molecular weight excluding hydrogens is 386 g/mol. The van der Waals surface area contributed by atoms with Crippen LogP contribution in [0.3, 0.4) is 0 Å². The molecule has 0 aromatic heterocycles. The van der Waals surface area contributed by atoms with Gasteiger partial charge in [-0.15, -0.1) is 0 Å². The smallest absolute Gasteiger partial charge is 0.411 e. The largest absolute Gasteiger partial charge is 0.479 e. The molecule has 1 rings (SSSR count). The molecule has 1 N–H and O–H groups in total. The fraction of sp³-hybridized carbons (Fsp3) is 0.500. The highest BCUT2D eigenvalue weighted by atomic mass is 79.9. The maximum absolute atomic E-state index is 12.4. The summed E-state index contributed by atoms with van der Waals surface area (Å²) in [7, 11) is 0. The third-order valence-electron chi connectivity index (χ3n) is 2.89. The van der Waals surface area contributed by atoms with Crippen molar-refractivity contribution in [2.75, 3.05) is 6.54 Å². The molecule has 0 spiro atoms. The first-order valence-corrected chi connectivity index (χ1v) is 8.41. The van der Waals surface area contributed by atoms with Gasteiger partial charge >= 0.3 is 12.1 Å². The summed E-state index contributed by atoms with van der Waals surface area (Å²) in [6.45, 7) is 7.30. The second kappa shape index (κ2) is 8.02. The lowest BCUT2D eigenvalue weighted by Crippen LogP contribution is -2.42. The van der Waals surface area contributed by atoms with E-state index in [0.29, 0.717) is 16.5 Å². The Morgan fingerprint density at radius 2 is 2.00 bits per heavy atom. The molecule has 23 heavy (non-hydrogen) atoms. The van der Waals surface area contributed by atoms with Crippen molar-refractivity contribution in [2.24, 2.45) is 0 Å². The molecular formula is C16H21BrClNO4. The molecule has 1 atom stereocenters. The summed E-state index contributed by atoms with van der Waals surface area (Å²) in [6.07, 6.45) is -0.0861. The van der Waals surface area contributed by atoms with Crippen molar-refractivity contribution in [1.29, 1.82) is 0 Å². The van der Waals surface area contributed by atoms with Gasteiger partial charge in [-0.1, -0.05) is 34.5 Å². The van der Waals surface area contributed by atoms with Crippen molar-refractivity contribution < 1.29 is 19.4 Å². The molecule has 1 aromatic carbocycles. The summed E-state index contributed by atoms with van der Waals surface area (Å²) in [5, 5.41) is 9.95. The van der Waals surface area contributed by atoms with Crippen molar-refractivity contribution in [3.05, 3.63) is 33.3 Å². The average Bonchev–Trinajstić information content (AvgIpc) is 2.39. The van der Waals surface area contributed by atoms with Crippen molar-refractivity contribution in [2.45, 2.75) is 45.8 Å². The Hall–Kier alpha value is -1.27. The molecule has 0 saturated carbocycles. The maximum atomic E-state index is 12.4. The topological polar surface area (TPSA) is 66.8 Å². The van der Waals surface area contributed by atoms with Gasteiger partial charge in [0, 0.05) is 21.6 Å². The lowest BCUT2D eigenvalue weighted by Gasteiger charge is -2.31. The molecule has 1 unspecified atom stereocenters. The monoisotopic (exact) mass is 405 g/mol. The van der Waals surface area contributed by atoms with E-state index in [1.165, 1.54) is 4.90 Å². The number of hydrogen-bond acceptors (Lipinski definition) is 3. The van der Waals surface area contributed by atoms with Gasteiger partial charge in [-0.3, -0.25) is 4.90 Å². The van der Waals surface area contributed by atoms with Crippen LogP contribution in [0.5, 0.6) is 0 Å². The average molecular weight is 407 g/mol. The van der Waals surface area contributed by atoms with Gasteiger partial charge in [0.05, 0.1) is 0 Å². The Morgan fingerprint density at radius 3 is 2.48 bits per heavy atom. The number of rotatable bonds is 5. The minimum absolute atomic E-state index is 0.245. The molecule has 0 aliphatic heterocycles. The van der Waals surface area contributed by atoms with Gasteiger partial charge in [-0.05, 0) is 45.4 Å². The SMILES string of the molecule is CCCN(C(=O)OC(C)(C)C)C(C(=O)O)c1cc(Br)ccc1Cl. The highest BCUT2D eigenvalue weighted by molar-refractivity contribution is 9.10. The molecule has 128 valence electrons. The number of benzene rings is 1. The summed E-state index contributed by atoms with van der Waals surface area (Å²) in [4.78, 5) is 25.5. The third-order valence-corrected chi connectivity index (χ3v) is 3.73. The number of halogens is 2. The van der Waals surface area contributed by atoms with Crippen LogP contribution in [-0.2, 0) is 9.53 Å². The van der Waals surface area contributed by atoms with Gasteiger partial charge in [0.25, 0.3) is 0 Å². The van der Waals surface area contributed by atoms with E-state index in [4.69, 9.17) is 16.3 Å². The van der Waals surface area contributed by atoms with Crippen LogP contribution >= 0.6 is 27.5 Å². The molecule has 0 aliphatic rings. The Bertz CT molecular complexity index is 586. The first kappa shape index (κ1) is 19.8. The van der Waals surface area contributed by atoms with E-state index >= 15 is 0 Å². The number of carboxylic acid groups (broad SMARTS) is 1. The summed E-state index contributed by atoms with van der Waals surface area (Å²) in [5.41, 5.74) is -0.374. The van der Waals surface area contributed by atoms with E-state index in [1.807, 2.05) is 6.92 Å². The number of amides is 1. The molecule has 0 radical (unpaired) electrons. The van der Waals surface area contributed by atoms with Crippen molar-refractivity contribution in [1.82, 2.24) is 4.90 Å². The summed E-state index contributed by atoms with van der Waals surface area (Å²) in [5.74, 6) is -1.16. The zero-order valence-corrected chi connectivity index (χ0v) is 15.9. The van der Waals surface area contributed by atoms with Gasteiger partial charge in [-0.25, -0.2) is 9.59 Å². The van der Waals surface area contributed by atoms with Gasteiger partial charge in [-0.2, -0.15) is 0 Å². The molecule has 0 aliphatic carbocycles. The molecule has 7 heteroatoms. The third kappa shape index (κ3) is 5.70. The fourth-order valence-electron chi connectivity index (χ4n) is 2.05. The van der Waals surface area contributed by atoms with Crippen molar-refractivity contribution in [3.8, 4) is 0 Å². The first-order chi connectivity index (χ1) is 10.6. The summed E-state index contributed by atoms with van der Waals surface area (Å²) < 4.78 is 6.03. The molecule has 0 bridgehead atoms. The van der Waals surface area contributed by atoms with Gasteiger partial charge < -0.3 is 9.84 Å². The van der Waals surface area contributed by atoms with Gasteiger partial charge in [0.1, 0.15) is 5.60 Å². The quantitative estimate of drug-likeness (QED) is 0.757. The van der Waals surface area contributed by atoms with Crippen LogP contribution in [0.15, 0.2) is 22.7 Å². The summed E-state index contributed by atoms with van der Waals surface area (Å²) >= 11 is 9.46. The first-order valence-electron chi connectivity index (χ1n) is 7.24.